The normalized spacial score (nSPS) is 24.0. The molecule has 1 aromatic rings. The van der Waals surface area contributed by atoms with Gasteiger partial charge in [0.1, 0.15) is 5.75 Å². The maximum Gasteiger partial charge on any atom is 0.119 e. The Morgan fingerprint density at radius 2 is 2.05 bits per heavy atom. The van der Waals surface area contributed by atoms with Crippen LogP contribution in [0.25, 0.3) is 0 Å². The van der Waals surface area contributed by atoms with Crippen LogP contribution in [0.15, 0.2) is 30.3 Å². The summed E-state index contributed by atoms with van der Waals surface area (Å²) in [6.45, 7) is 11.2. The summed E-state index contributed by atoms with van der Waals surface area (Å²) < 4.78 is 5.80. The molecule has 0 amide bonds. The summed E-state index contributed by atoms with van der Waals surface area (Å²) in [7, 11) is 0. The van der Waals surface area contributed by atoms with Gasteiger partial charge in [0.2, 0.25) is 0 Å². The van der Waals surface area contributed by atoms with Crippen LogP contribution in [0, 0.1) is 5.92 Å². The number of para-hydroxylation sites is 1. The Hall–Kier alpha value is -1.06. The van der Waals surface area contributed by atoms with Crippen molar-refractivity contribution in [3.05, 3.63) is 30.3 Å². The third-order valence-corrected chi connectivity index (χ3v) is 4.43. The molecule has 0 spiro atoms. The zero-order valence-electron chi connectivity index (χ0n) is 13.7. The molecular formula is C18H30N2O. The molecule has 2 rings (SSSR count). The van der Waals surface area contributed by atoms with Gasteiger partial charge >= 0.3 is 0 Å². The van der Waals surface area contributed by atoms with E-state index in [0.29, 0.717) is 18.0 Å². The quantitative estimate of drug-likeness (QED) is 0.815. The first kappa shape index (κ1) is 16.3. The number of benzene rings is 1. The molecule has 0 aliphatic carbocycles. The van der Waals surface area contributed by atoms with Gasteiger partial charge in [-0.1, -0.05) is 32.0 Å². The minimum absolute atomic E-state index is 0.616. The van der Waals surface area contributed by atoms with Gasteiger partial charge in [-0.2, -0.15) is 0 Å². The number of rotatable bonds is 6. The fraction of sp³-hybridized carbons (Fsp3) is 0.667. The Morgan fingerprint density at radius 1 is 1.29 bits per heavy atom. The topological polar surface area (TPSA) is 24.5 Å². The second kappa shape index (κ2) is 8.40. The lowest BCUT2D eigenvalue weighted by Gasteiger charge is -2.30. The summed E-state index contributed by atoms with van der Waals surface area (Å²) in [4.78, 5) is 2.62. The van der Waals surface area contributed by atoms with E-state index in [4.69, 9.17) is 4.74 Å². The Balaban J connectivity index is 1.74. The standard InChI is InChI=1S/C18H30N2O/c1-15(2)18-14-20(16(3)10-11-19-18)12-7-13-21-17-8-5-4-6-9-17/h4-6,8-9,15-16,18-19H,7,10-14H2,1-3H3. The third-order valence-electron chi connectivity index (χ3n) is 4.43. The van der Waals surface area contributed by atoms with Crippen LogP contribution in [-0.2, 0) is 0 Å². The maximum atomic E-state index is 5.80. The summed E-state index contributed by atoms with van der Waals surface area (Å²) in [5.41, 5.74) is 0. The monoisotopic (exact) mass is 290 g/mol. The van der Waals surface area contributed by atoms with Crippen LogP contribution in [0.1, 0.15) is 33.6 Å². The molecule has 0 saturated carbocycles. The molecule has 21 heavy (non-hydrogen) atoms. The summed E-state index contributed by atoms with van der Waals surface area (Å²) >= 11 is 0. The Labute approximate surface area is 129 Å². The number of hydrogen-bond acceptors (Lipinski definition) is 3. The fourth-order valence-corrected chi connectivity index (χ4v) is 2.89. The SMILES string of the molecule is CC(C)C1CN(CCCOc2ccccc2)C(C)CCN1. The van der Waals surface area contributed by atoms with Crippen LogP contribution in [0.4, 0.5) is 0 Å². The van der Waals surface area contributed by atoms with E-state index < -0.39 is 0 Å². The second-order valence-corrected chi connectivity index (χ2v) is 6.45. The number of ether oxygens (including phenoxy) is 1. The molecule has 3 nitrogen and oxygen atoms in total. The Morgan fingerprint density at radius 3 is 2.76 bits per heavy atom. The first-order valence-electron chi connectivity index (χ1n) is 8.32. The van der Waals surface area contributed by atoms with Crippen molar-refractivity contribution >= 4 is 0 Å². The molecule has 0 radical (unpaired) electrons. The van der Waals surface area contributed by atoms with Crippen molar-refractivity contribution in [3.63, 3.8) is 0 Å². The number of nitrogens with zero attached hydrogens (tertiary/aromatic N) is 1. The molecule has 0 bridgehead atoms. The molecule has 3 heteroatoms. The van der Waals surface area contributed by atoms with Gasteiger partial charge in [0.25, 0.3) is 0 Å². The van der Waals surface area contributed by atoms with Crippen molar-refractivity contribution < 1.29 is 4.74 Å². The van der Waals surface area contributed by atoms with Crippen molar-refractivity contribution in [2.24, 2.45) is 5.92 Å². The van der Waals surface area contributed by atoms with E-state index in [9.17, 15) is 0 Å². The minimum Gasteiger partial charge on any atom is -0.494 e. The van der Waals surface area contributed by atoms with Crippen molar-refractivity contribution in [2.75, 3.05) is 26.2 Å². The number of hydrogen-bond donors (Lipinski definition) is 1. The molecule has 1 saturated heterocycles. The molecule has 2 atom stereocenters. The first-order chi connectivity index (χ1) is 10.2. The number of nitrogens with one attached hydrogen (secondary N) is 1. The Kier molecular flexibility index (Phi) is 6.52. The van der Waals surface area contributed by atoms with Crippen molar-refractivity contribution in [1.29, 1.82) is 0 Å². The first-order valence-corrected chi connectivity index (χ1v) is 8.32. The van der Waals surface area contributed by atoms with Gasteiger partial charge in [-0.05, 0) is 44.4 Å². The third kappa shape index (κ3) is 5.33. The van der Waals surface area contributed by atoms with Crippen LogP contribution in [0.3, 0.4) is 0 Å². The van der Waals surface area contributed by atoms with E-state index in [0.717, 1.165) is 38.4 Å². The van der Waals surface area contributed by atoms with Crippen molar-refractivity contribution in [1.82, 2.24) is 10.2 Å². The smallest absolute Gasteiger partial charge is 0.119 e. The molecular weight excluding hydrogens is 260 g/mol. The fourth-order valence-electron chi connectivity index (χ4n) is 2.89. The van der Waals surface area contributed by atoms with Gasteiger partial charge in [-0.25, -0.2) is 0 Å². The van der Waals surface area contributed by atoms with Gasteiger partial charge in [0.05, 0.1) is 6.61 Å². The highest BCUT2D eigenvalue weighted by Crippen LogP contribution is 2.14. The molecule has 1 N–H and O–H groups in total. The average molecular weight is 290 g/mol. The van der Waals surface area contributed by atoms with E-state index in [-0.39, 0.29) is 0 Å². The molecule has 0 aromatic heterocycles. The van der Waals surface area contributed by atoms with E-state index in [2.05, 4.69) is 31.0 Å². The summed E-state index contributed by atoms with van der Waals surface area (Å²) in [6.07, 6.45) is 2.33. The lowest BCUT2D eigenvalue weighted by atomic mass is 10.0. The van der Waals surface area contributed by atoms with Crippen molar-refractivity contribution in [2.45, 2.75) is 45.7 Å². The highest BCUT2D eigenvalue weighted by atomic mass is 16.5. The van der Waals surface area contributed by atoms with Crippen LogP contribution >= 0.6 is 0 Å². The van der Waals surface area contributed by atoms with Gasteiger partial charge in [-0.15, -0.1) is 0 Å². The minimum atomic E-state index is 0.616. The molecule has 2 unspecified atom stereocenters. The van der Waals surface area contributed by atoms with Crippen molar-refractivity contribution in [3.8, 4) is 5.75 Å². The van der Waals surface area contributed by atoms with E-state index in [1.54, 1.807) is 0 Å². The molecule has 1 heterocycles. The second-order valence-electron chi connectivity index (χ2n) is 6.45. The summed E-state index contributed by atoms with van der Waals surface area (Å²) in [5, 5.41) is 3.68. The predicted molar refractivity (Wildman–Crippen MR) is 88.8 cm³/mol. The van der Waals surface area contributed by atoms with E-state index >= 15 is 0 Å². The highest BCUT2D eigenvalue weighted by Gasteiger charge is 2.24. The molecule has 1 fully saturated rings. The summed E-state index contributed by atoms with van der Waals surface area (Å²) in [6, 6.07) is 11.4. The molecule has 1 aliphatic rings. The zero-order chi connectivity index (χ0) is 15.1. The lowest BCUT2D eigenvalue weighted by Crippen LogP contribution is -2.43. The molecule has 118 valence electrons. The van der Waals surface area contributed by atoms with Gasteiger partial charge < -0.3 is 10.1 Å². The molecule has 1 aliphatic heterocycles. The van der Waals surface area contributed by atoms with Gasteiger partial charge in [0.15, 0.2) is 0 Å². The van der Waals surface area contributed by atoms with Crippen LogP contribution in [-0.4, -0.2) is 43.2 Å². The molecule has 1 aromatic carbocycles. The highest BCUT2D eigenvalue weighted by molar-refractivity contribution is 5.20. The van der Waals surface area contributed by atoms with E-state index in [1.165, 1.54) is 6.42 Å². The lowest BCUT2D eigenvalue weighted by molar-refractivity contribution is 0.175. The van der Waals surface area contributed by atoms with Crippen LogP contribution in [0.5, 0.6) is 5.75 Å². The van der Waals surface area contributed by atoms with Crippen LogP contribution < -0.4 is 10.1 Å². The Bertz CT molecular complexity index is 393. The predicted octanol–water partition coefficient (Wildman–Crippen LogP) is 3.16. The average Bonchev–Trinajstić information content (AvgIpc) is 2.67. The van der Waals surface area contributed by atoms with E-state index in [1.807, 2.05) is 30.3 Å². The zero-order valence-corrected chi connectivity index (χ0v) is 13.7. The maximum absolute atomic E-state index is 5.80. The van der Waals surface area contributed by atoms with Crippen LogP contribution in [0.2, 0.25) is 0 Å². The largest absolute Gasteiger partial charge is 0.494 e. The van der Waals surface area contributed by atoms with Gasteiger partial charge in [-0.3, -0.25) is 4.90 Å². The van der Waals surface area contributed by atoms with Gasteiger partial charge in [0, 0.05) is 25.2 Å². The summed E-state index contributed by atoms with van der Waals surface area (Å²) in [5.74, 6) is 1.67.